The Kier molecular flexibility index (Phi) is 5.94. The molecule has 0 aliphatic heterocycles. The van der Waals surface area contributed by atoms with Crippen molar-refractivity contribution in [2.45, 2.75) is 19.8 Å². The van der Waals surface area contributed by atoms with Crippen LogP contribution in [0.4, 0.5) is 0 Å². The van der Waals surface area contributed by atoms with Crippen LogP contribution in [0, 0.1) is 0 Å². The quantitative estimate of drug-likeness (QED) is 0.339. The molecule has 0 heterocycles. The van der Waals surface area contributed by atoms with Gasteiger partial charge in [0.2, 0.25) is 0 Å². The molecule has 0 saturated heterocycles. The molecule has 26 heavy (non-hydrogen) atoms. The van der Waals surface area contributed by atoms with Gasteiger partial charge in [0.05, 0.1) is 0 Å². The Morgan fingerprint density at radius 1 is 0.731 bits per heavy atom. The molecule has 0 aliphatic carbocycles. The van der Waals surface area contributed by atoms with Crippen molar-refractivity contribution in [2.24, 2.45) is 0 Å². The summed E-state index contributed by atoms with van der Waals surface area (Å²) in [6.45, 7) is 1.96. The summed E-state index contributed by atoms with van der Waals surface area (Å²) in [5.41, 5.74) is 0. The fourth-order valence-electron chi connectivity index (χ4n) is 3.56. The summed E-state index contributed by atoms with van der Waals surface area (Å²) in [5.74, 6) is 0.332. The zero-order valence-corrected chi connectivity index (χ0v) is 18.1. The second-order valence-corrected chi connectivity index (χ2v) is 17.3. The van der Waals surface area contributed by atoms with Crippen molar-refractivity contribution in [1.29, 1.82) is 0 Å². The Morgan fingerprint density at radius 2 is 1.08 bits per heavy atom. The van der Waals surface area contributed by atoms with Crippen LogP contribution in [0.25, 0.3) is 0 Å². The molecule has 0 unspecified atom stereocenters. The molecule has 0 saturated carbocycles. The molecule has 0 fully saturated rings. The summed E-state index contributed by atoms with van der Waals surface area (Å²) in [4.78, 5) is 12.3. The van der Waals surface area contributed by atoms with Crippen LogP contribution >= 0.6 is 26.3 Å². The van der Waals surface area contributed by atoms with Gasteiger partial charge >= 0.3 is 170 Å². The normalized spacial score (nSPS) is 12.9. The Balaban J connectivity index is 2.33. The van der Waals surface area contributed by atoms with E-state index >= 15 is 0 Å². The van der Waals surface area contributed by atoms with Crippen LogP contribution < -0.4 is 15.9 Å². The van der Waals surface area contributed by atoms with E-state index in [-0.39, 0.29) is 0 Å². The molecule has 134 valence electrons. The first kappa shape index (κ1) is 19.3. The molecular weight excluding hydrogens is 450 g/mol. The zero-order chi connectivity index (χ0) is 18.5. The molecular formula is C23H24IOP. The minimum absolute atomic E-state index is 0.332. The first-order valence-corrected chi connectivity index (χ1v) is 14.2. The molecule has 0 aliphatic rings. The fraction of sp³-hybridized carbons (Fsp3) is 0.174. The van der Waals surface area contributed by atoms with Crippen LogP contribution in [-0.2, 0) is 4.79 Å². The van der Waals surface area contributed by atoms with Gasteiger partial charge in [0.25, 0.3) is 0 Å². The van der Waals surface area contributed by atoms with E-state index in [0.29, 0.717) is 18.6 Å². The Bertz CT molecular complexity index is 763. The standard InChI is InChI=1S/C23H24IOP/c1-2-20(25)18-19-26(24,21-12-6-3-7-13-21,22-14-8-4-9-15-22)23-16-10-5-11-17-23/h3-17H,2,18-19H2,1H3. The van der Waals surface area contributed by atoms with E-state index in [1.54, 1.807) is 0 Å². The van der Waals surface area contributed by atoms with Crippen molar-refractivity contribution >= 4 is 48.0 Å². The molecule has 0 bridgehead atoms. The topological polar surface area (TPSA) is 17.1 Å². The van der Waals surface area contributed by atoms with Gasteiger partial charge in [-0.15, -0.1) is 0 Å². The maximum atomic E-state index is 12.3. The van der Waals surface area contributed by atoms with Crippen molar-refractivity contribution < 1.29 is 4.79 Å². The second-order valence-electron chi connectivity index (χ2n) is 6.56. The van der Waals surface area contributed by atoms with Crippen LogP contribution in [0.15, 0.2) is 91.0 Å². The molecule has 0 amide bonds. The van der Waals surface area contributed by atoms with Gasteiger partial charge in [-0.3, -0.25) is 0 Å². The third-order valence-electron chi connectivity index (χ3n) is 5.09. The van der Waals surface area contributed by atoms with E-state index in [1.807, 2.05) is 6.92 Å². The van der Waals surface area contributed by atoms with E-state index in [0.717, 1.165) is 6.16 Å². The number of carbonyl (C=O) groups is 1. The summed E-state index contributed by atoms with van der Waals surface area (Å²) in [5, 5.41) is 4.00. The molecule has 0 atom stereocenters. The molecule has 3 aromatic rings. The Labute approximate surface area is 169 Å². The first-order chi connectivity index (χ1) is 12.6. The summed E-state index contributed by atoms with van der Waals surface area (Å²) in [6.07, 6.45) is 2.06. The average Bonchev–Trinajstić information content (AvgIpc) is 2.74. The number of Topliss-reactive ketones (excluding diaryl/α,β-unsaturated/α-hetero) is 1. The summed E-state index contributed by atoms with van der Waals surface area (Å²) < 4.78 is -2.76. The van der Waals surface area contributed by atoms with E-state index in [9.17, 15) is 4.79 Å². The van der Waals surface area contributed by atoms with Crippen molar-refractivity contribution in [3.63, 3.8) is 0 Å². The molecule has 3 heteroatoms. The van der Waals surface area contributed by atoms with Crippen LogP contribution in [0.3, 0.4) is 0 Å². The van der Waals surface area contributed by atoms with Gasteiger partial charge in [-0.1, -0.05) is 0 Å². The van der Waals surface area contributed by atoms with Crippen LogP contribution in [0.2, 0.25) is 0 Å². The molecule has 0 spiro atoms. The van der Waals surface area contributed by atoms with Gasteiger partial charge in [0.15, 0.2) is 0 Å². The third-order valence-corrected chi connectivity index (χ3v) is 16.7. The van der Waals surface area contributed by atoms with Crippen molar-refractivity contribution in [3.05, 3.63) is 91.0 Å². The van der Waals surface area contributed by atoms with E-state index in [1.165, 1.54) is 15.9 Å². The number of carbonyl (C=O) groups excluding carboxylic acids is 1. The summed E-state index contributed by atoms with van der Waals surface area (Å²) in [6, 6.07) is 32.3. The molecule has 3 aromatic carbocycles. The van der Waals surface area contributed by atoms with Gasteiger partial charge in [0.1, 0.15) is 0 Å². The average molecular weight is 474 g/mol. The second kappa shape index (κ2) is 8.02. The maximum absolute atomic E-state index is 12.3. The monoisotopic (exact) mass is 474 g/mol. The molecule has 1 nitrogen and oxygen atoms in total. The van der Waals surface area contributed by atoms with E-state index < -0.39 is 4.25 Å². The van der Waals surface area contributed by atoms with Crippen molar-refractivity contribution in [2.75, 3.05) is 6.16 Å². The number of hydrogen-bond donors (Lipinski definition) is 0. The SMILES string of the molecule is CCC(=O)CCP(I)(c1ccccc1)(c1ccccc1)c1ccccc1. The predicted octanol–water partition coefficient (Wildman–Crippen LogP) is 5.24. The zero-order valence-electron chi connectivity index (χ0n) is 15.0. The van der Waals surface area contributed by atoms with Gasteiger partial charge in [0, 0.05) is 0 Å². The van der Waals surface area contributed by atoms with E-state index in [4.69, 9.17) is 0 Å². The fourth-order valence-corrected chi connectivity index (χ4v) is 11.9. The van der Waals surface area contributed by atoms with Gasteiger partial charge < -0.3 is 0 Å². The molecule has 0 N–H and O–H groups in total. The Morgan fingerprint density at radius 3 is 1.38 bits per heavy atom. The van der Waals surface area contributed by atoms with E-state index in [2.05, 4.69) is 113 Å². The Hall–Kier alpha value is -1.51. The number of benzene rings is 3. The molecule has 0 radical (unpaired) electrons. The van der Waals surface area contributed by atoms with Gasteiger partial charge in [-0.25, -0.2) is 0 Å². The number of ketones is 1. The van der Waals surface area contributed by atoms with Gasteiger partial charge in [-0.2, -0.15) is 0 Å². The van der Waals surface area contributed by atoms with Crippen LogP contribution in [0.1, 0.15) is 19.8 Å². The minimum atomic E-state index is -2.76. The molecule has 0 aromatic heterocycles. The van der Waals surface area contributed by atoms with Gasteiger partial charge in [-0.05, 0) is 0 Å². The van der Waals surface area contributed by atoms with Crippen LogP contribution in [0.5, 0.6) is 0 Å². The summed E-state index contributed by atoms with van der Waals surface area (Å²) in [7, 11) is 0. The predicted molar refractivity (Wildman–Crippen MR) is 124 cm³/mol. The first-order valence-electron chi connectivity index (χ1n) is 9.01. The van der Waals surface area contributed by atoms with Crippen molar-refractivity contribution in [3.8, 4) is 0 Å². The summed E-state index contributed by atoms with van der Waals surface area (Å²) >= 11 is 2.73. The number of hydrogen-bond acceptors (Lipinski definition) is 1. The number of halogens is 1. The molecule has 3 rings (SSSR count). The van der Waals surface area contributed by atoms with Crippen LogP contribution in [-0.4, -0.2) is 11.9 Å². The third kappa shape index (κ3) is 3.37. The number of rotatable bonds is 7. The van der Waals surface area contributed by atoms with Crippen molar-refractivity contribution in [1.82, 2.24) is 0 Å².